The topological polar surface area (TPSA) is 58.2 Å². The van der Waals surface area contributed by atoms with Crippen LogP contribution in [0.3, 0.4) is 0 Å². The summed E-state index contributed by atoms with van der Waals surface area (Å²) in [5, 5.41) is 5.76. The Morgan fingerprint density at radius 2 is 1.77 bits per heavy atom. The highest BCUT2D eigenvalue weighted by atomic mass is 79.9. The monoisotopic (exact) mass is 380 g/mol. The van der Waals surface area contributed by atoms with Crippen molar-refractivity contribution >= 4 is 45.0 Å². The molecule has 0 aliphatic heterocycles. The van der Waals surface area contributed by atoms with Crippen LogP contribution in [0.4, 0.5) is 5.69 Å². The summed E-state index contributed by atoms with van der Waals surface area (Å²) < 4.78 is 0.900. The van der Waals surface area contributed by atoms with Crippen molar-refractivity contribution in [3.63, 3.8) is 0 Å². The molecular weight excluding hydrogens is 368 g/mol. The van der Waals surface area contributed by atoms with Gasteiger partial charge in [-0.3, -0.25) is 9.59 Å². The predicted molar refractivity (Wildman–Crippen MR) is 90.9 cm³/mol. The van der Waals surface area contributed by atoms with Gasteiger partial charge in [0, 0.05) is 21.7 Å². The average molecular weight is 382 g/mol. The first-order chi connectivity index (χ1) is 10.5. The van der Waals surface area contributed by atoms with E-state index in [0.29, 0.717) is 23.7 Å². The van der Waals surface area contributed by atoms with Crippen LogP contribution in [-0.2, 0) is 16.0 Å². The minimum atomic E-state index is -0.687. The minimum absolute atomic E-state index is 0.368. The Hall–Kier alpha value is -1.85. The number of hydrogen-bond acceptors (Lipinski definition) is 2. The van der Waals surface area contributed by atoms with E-state index in [2.05, 4.69) is 26.6 Å². The van der Waals surface area contributed by atoms with Gasteiger partial charge >= 0.3 is 11.8 Å². The maximum absolute atomic E-state index is 11.7. The molecule has 0 saturated carbocycles. The third kappa shape index (κ3) is 5.16. The Bertz CT molecular complexity index is 674. The molecule has 22 heavy (non-hydrogen) atoms. The van der Waals surface area contributed by atoms with E-state index in [9.17, 15) is 9.59 Å². The molecule has 0 fully saturated rings. The van der Waals surface area contributed by atoms with Crippen molar-refractivity contribution in [2.75, 3.05) is 11.9 Å². The second kappa shape index (κ2) is 7.96. The Balaban J connectivity index is 1.79. The zero-order chi connectivity index (χ0) is 15.9. The average Bonchev–Trinajstić information content (AvgIpc) is 2.49. The molecular formula is C16H14BrClN2O2. The van der Waals surface area contributed by atoms with Crippen LogP contribution in [0, 0.1) is 0 Å². The Morgan fingerprint density at radius 1 is 1.05 bits per heavy atom. The SMILES string of the molecule is O=C(NCCc1cccc(Cl)c1)C(=O)Nc1ccc(Br)cc1. The normalized spacial score (nSPS) is 10.1. The summed E-state index contributed by atoms with van der Waals surface area (Å²) in [4.78, 5) is 23.5. The second-order valence-electron chi connectivity index (χ2n) is 4.60. The summed E-state index contributed by atoms with van der Waals surface area (Å²) in [6, 6.07) is 14.4. The second-order valence-corrected chi connectivity index (χ2v) is 5.95. The van der Waals surface area contributed by atoms with Crippen LogP contribution in [0.5, 0.6) is 0 Å². The van der Waals surface area contributed by atoms with Gasteiger partial charge in [-0.05, 0) is 48.4 Å². The molecule has 0 aromatic heterocycles. The summed E-state index contributed by atoms with van der Waals surface area (Å²) in [6.07, 6.45) is 0.609. The smallest absolute Gasteiger partial charge is 0.313 e. The molecule has 2 aromatic rings. The lowest BCUT2D eigenvalue weighted by Crippen LogP contribution is -2.36. The van der Waals surface area contributed by atoms with E-state index in [0.717, 1.165) is 10.0 Å². The summed E-state index contributed by atoms with van der Waals surface area (Å²) in [7, 11) is 0. The van der Waals surface area contributed by atoms with Gasteiger partial charge in [-0.2, -0.15) is 0 Å². The highest BCUT2D eigenvalue weighted by Crippen LogP contribution is 2.14. The van der Waals surface area contributed by atoms with E-state index in [1.54, 1.807) is 30.3 Å². The molecule has 6 heteroatoms. The van der Waals surface area contributed by atoms with Crippen LogP contribution in [0.25, 0.3) is 0 Å². The van der Waals surface area contributed by atoms with Crippen LogP contribution in [0.1, 0.15) is 5.56 Å². The van der Waals surface area contributed by atoms with E-state index >= 15 is 0 Å². The van der Waals surface area contributed by atoms with Gasteiger partial charge in [-0.1, -0.05) is 39.7 Å². The van der Waals surface area contributed by atoms with Gasteiger partial charge in [0.05, 0.1) is 0 Å². The zero-order valence-electron chi connectivity index (χ0n) is 11.6. The van der Waals surface area contributed by atoms with Gasteiger partial charge in [0.1, 0.15) is 0 Å². The number of nitrogens with one attached hydrogen (secondary N) is 2. The van der Waals surface area contributed by atoms with Crippen molar-refractivity contribution in [1.29, 1.82) is 0 Å². The van der Waals surface area contributed by atoms with E-state index in [1.807, 2.05) is 18.2 Å². The third-order valence-corrected chi connectivity index (χ3v) is 3.66. The van der Waals surface area contributed by atoms with Crippen LogP contribution in [0.15, 0.2) is 53.0 Å². The van der Waals surface area contributed by atoms with Crippen molar-refractivity contribution in [1.82, 2.24) is 5.32 Å². The van der Waals surface area contributed by atoms with E-state index in [4.69, 9.17) is 11.6 Å². The maximum atomic E-state index is 11.7. The molecule has 0 unspecified atom stereocenters. The molecule has 0 bridgehead atoms. The molecule has 0 radical (unpaired) electrons. The molecule has 0 saturated heterocycles. The third-order valence-electron chi connectivity index (χ3n) is 2.90. The Morgan fingerprint density at radius 3 is 2.45 bits per heavy atom. The number of anilines is 1. The fourth-order valence-electron chi connectivity index (χ4n) is 1.81. The molecule has 2 amide bonds. The maximum Gasteiger partial charge on any atom is 0.313 e. The predicted octanol–water partition coefficient (Wildman–Crippen LogP) is 3.40. The fourth-order valence-corrected chi connectivity index (χ4v) is 2.29. The molecule has 2 N–H and O–H groups in total. The Kier molecular flexibility index (Phi) is 5.98. The van der Waals surface area contributed by atoms with Crippen LogP contribution >= 0.6 is 27.5 Å². The van der Waals surface area contributed by atoms with E-state index in [-0.39, 0.29) is 0 Å². The standard InChI is InChI=1S/C16H14BrClN2O2/c17-12-4-6-14(7-5-12)20-16(22)15(21)19-9-8-11-2-1-3-13(18)10-11/h1-7,10H,8-9H2,(H,19,21)(H,20,22). The number of hydrogen-bond donors (Lipinski definition) is 2. The molecule has 2 rings (SSSR count). The summed E-state index contributed by atoms with van der Waals surface area (Å²) in [5.41, 5.74) is 1.57. The molecule has 0 atom stereocenters. The number of halogens is 2. The summed E-state index contributed by atoms with van der Waals surface area (Å²) in [6.45, 7) is 0.368. The van der Waals surface area contributed by atoms with Crippen LogP contribution < -0.4 is 10.6 Å². The van der Waals surface area contributed by atoms with Crippen LogP contribution in [-0.4, -0.2) is 18.4 Å². The van der Waals surface area contributed by atoms with Crippen molar-refractivity contribution < 1.29 is 9.59 Å². The van der Waals surface area contributed by atoms with Gasteiger partial charge in [0.2, 0.25) is 0 Å². The first kappa shape index (κ1) is 16.5. The summed E-state index contributed by atoms with van der Waals surface area (Å²) in [5.74, 6) is -1.35. The van der Waals surface area contributed by atoms with Crippen molar-refractivity contribution in [3.8, 4) is 0 Å². The minimum Gasteiger partial charge on any atom is -0.347 e. The molecule has 114 valence electrons. The van der Waals surface area contributed by atoms with Crippen molar-refractivity contribution in [2.45, 2.75) is 6.42 Å². The zero-order valence-corrected chi connectivity index (χ0v) is 13.9. The molecule has 0 heterocycles. The number of carbonyl (C=O) groups excluding carboxylic acids is 2. The number of carbonyl (C=O) groups is 2. The Labute approximate surface area is 142 Å². The molecule has 0 aliphatic rings. The van der Waals surface area contributed by atoms with E-state index in [1.165, 1.54) is 0 Å². The lowest BCUT2D eigenvalue weighted by Gasteiger charge is -2.07. The van der Waals surface area contributed by atoms with Crippen LogP contribution in [0.2, 0.25) is 5.02 Å². The van der Waals surface area contributed by atoms with Gasteiger partial charge < -0.3 is 10.6 Å². The van der Waals surface area contributed by atoms with Crippen molar-refractivity contribution in [2.24, 2.45) is 0 Å². The number of amides is 2. The molecule has 0 spiro atoms. The highest BCUT2D eigenvalue weighted by Gasteiger charge is 2.12. The fraction of sp³-hybridized carbons (Fsp3) is 0.125. The largest absolute Gasteiger partial charge is 0.347 e. The number of rotatable bonds is 4. The summed E-state index contributed by atoms with van der Waals surface area (Å²) >= 11 is 9.18. The van der Waals surface area contributed by atoms with Gasteiger partial charge in [0.25, 0.3) is 0 Å². The van der Waals surface area contributed by atoms with E-state index < -0.39 is 11.8 Å². The molecule has 4 nitrogen and oxygen atoms in total. The van der Waals surface area contributed by atoms with Crippen molar-refractivity contribution in [3.05, 3.63) is 63.6 Å². The molecule has 2 aromatic carbocycles. The van der Waals surface area contributed by atoms with Gasteiger partial charge in [-0.15, -0.1) is 0 Å². The van der Waals surface area contributed by atoms with Gasteiger partial charge in [-0.25, -0.2) is 0 Å². The lowest BCUT2D eigenvalue weighted by atomic mass is 10.1. The highest BCUT2D eigenvalue weighted by molar-refractivity contribution is 9.10. The first-order valence-corrected chi connectivity index (χ1v) is 7.81. The van der Waals surface area contributed by atoms with Gasteiger partial charge in [0.15, 0.2) is 0 Å². The quantitative estimate of drug-likeness (QED) is 0.798. The first-order valence-electron chi connectivity index (χ1n) is 6.64. The molecule has 0 aliphatic carbocycles. The number of benzene rings is 2. The lowest BCUT2D eigenvalue weighted by molar-refractivity contribution is -0.136.